The first-order valence-electron chi connectivity index (χ1n) is 8.94. The molecule has 26 heavy (non-hydrogen) atoms. The summed E-state index contributed by atoms with van der Waals surface area (Å²) in [7, 11) is 0. The second kappa shape index (κ2) is 6.13. The van der Waals surface area contributed by atoms with Crippen LogP contribution in [0.15, 0.2) is 47.1 Å². The third-order valence-corrected chi connectivity index (χ3v) is 5.09. The monoisotopic (exact) mass is 346 g/mol. The van der Waals surface area contributed by atoms with Crippen molar-refractivity contribution in [2.45, 2.75) is 41.2 Å². The maximum absolute atomic E-state index is 5.90. The van der Waals surface area contributed by atoms with Gasteiger partial charge in [-0.15, -0.1) is 0 Å². The average Bonchev–Trinajstić information content (AvgIpc) is 3.10. The number of aromatic nitrogens is 3. The Bertz CT molecular complexity index is 1060. The molecule has 0 saturated carbocycles. The summed E-state index contributed by atoms with van der Waals surface area (Å²) in [5, 5.41) is 0. The molecule has 0 radical (unpaired) electrons. The number of fused-ring (bicyclic) bond motifs is 1. The van der Waals surface area contributed by atoms with Gasteiger partial charge in [0.25, 0.3) is 0 Å². The molecule has 0 amide bonds. The molecule has 2 aromatic carbocycles. The van der Waals surface area contributed by atoms with Crippen LogP contribution in [0, 0.1) is 34.6 Å². The van der Waals surface area contributed by atoms with E-state index < -0.39 is 0 Å². The van der Waals surface area contributed by atoms with Crippen LogP contribution in [0.25, 0.3) is 16.8 Å². The molecule has 0 bridgehead atoms. The number of oxazole rings is 1. The fraction of sp³-hybridized carbons (Fsp3) is 0.273. The van der Waals surface area contributed by atoms with Crippen LogP contribution >= 0.6 is 0 Å². The van der Waals surface area contributed by atoms with Crippen molar-refractivity contribution in [3.63, 3.8) is 0 Å². The quantitative estimate of drug-likeness (QED) is 0.512. The number of hydrogen-bond acceptors (Lipinski definition) is 2. The molecule has 0 fully saturated rings. The standard InChI is InChI=1S/C22H24N3O/c1-14-10-15(2)22(16(3)11-14)25-13-24(17(4)18(25)5)12-21-23-19-8-6-7-9-20(19)26-21/h6-11,13H,12H2,1-5H3/q+1. The average molecular weight is 346 g/mol. The Kier molecular flexibility index (Phi) is 3.91. The van der Waals surface area contributed by atoms with E-state index in [1.165, 1.54) is 33.8 Å². The van der Waals surface area contributed by atoms with E-state index in [1.54, 1.807) is 0 Å². The molecule has 2 heterocycles. The maximum Gasteiger partial charge on any atom is 0.249 e. The summed E-state index contributed by atoms with van der Waals surface area (Å²) < 4.78 is 10.4. The summed E-state index contributed by atoms with van der Waals surface area (Å²) in [6.45, 7) is 11.4. The lowest BCUT2D eigenvalue weighted by atomic mass is 10.0. The van der Waals surface area contributed by atoms with Crippen molar-refractivity contribution in [2.75, 3.05) is 0 Å². The summed E-state index contributed by atoms with van der Waals surface area (Å²) in [6, 6.07) is 12.4. The van der Waals surface area contributed by atoms with Crippen LogP contribution < -0.4 is 4.57 Å². The second-order valence-electron chi connectivity index (χ2n) is 7.11. The number of imidazole rings is 1. The van der Waals surface area contributed by atoms with Gasteiger partial charge >= 0.3 is 0 Å². The zero-order chi connectivity index (χ0) is 18.4. The Balaban J connectivity index is 1.77. The zero-order valence-corrected chi connectivity index (χ0v) is 16.0. The Labute approximate surface area is 153 Å². The summed E-state index contributed by atoms with van der Waals surface area (Å²) in [6.07, 6.45) is 2.16. The van der Waals surface area contributed by atoms with Gasteiger partial charge in [-0.3, -0.25) is 0 Å². The molecule has 2 aromatic heterocycles. The van der Waals surface area contributed by atoms with Crippen LogP contribution in [0.1, 0.15) is 34.0 Å². The van der Waals surface area contributed by atoms with Crippen molar-refractivity contribution in [3.05, 3.63) is 76.7 Å². The molecule has 4 aromatic rings. The fourth-order valence-electron chi connectivity index (χ4n) is 3.77. The fourth-order valence-corrected chi connectivity index (χ4v) is 3.77. The third-order valence-electron chi connectivity index (χ3n) is 5.09. The lowest BCUT2D eigenvalue weighted by Gasteiger charge is -2.08. The van der Waals surface area contributed by atoms with Gasteiger partial charge < -0.3 is 4.42 Å². The summed E-state index contributed by atoms with van der Waals surface area (Å²) >= 11 is 0. The molecular formula is C22H24N3O+. The molecule has 0 aliphatic carbocycles. The highest BCUT2D eigenvalue weighted by molar-refractivity contribution is 5.72. The molecule has 4 nitrogen and oxygen atoms in total. The van der Waals surface area contributed by atoms with Crippen molar-refractivity contribution in [3.8, 4) is 5.69 Å². The van der Waals surface area contributed by atoms with Crippen molar-refractivity contribution in [2.24, 2.45) is 0 Å². The normalized spacial score (nSPS) is 11.4. The van der Waals surface area contributed by atoms with Gasteiger partial charge in [-0.25, -0.2) is 9.55 Å². The molecular weight excluding hydrogens is 322 g/mol. The number of rotatable bonds is 3. The van der Waals surface area contributed by atoms with Crippen molar-refractivity contribution >= 4 is 11.1 Å². The molecule has 4 heteroatoms. The molecule has 0 aliphatic rings. The van der Waals surface area contributed by atoms with Crippen LogP contribution in [-0.2, 0) is 6.54 Å². The molecule has 0 spiro atoms. The first kappa shape index (κ1) is 16.6. The number of nitrogens with zero attached hydrogens (tertiary/aromatic N) is 3. The minimum atomic E-state index is 0.623. The van der Waals surface area contributed by atoms with Gasteiger partial charge in [0.15, 0.2) is 12.1 Å². The van der Waals surface area contributed by atoms with E-state index in [4.69, 9.17) is 4.42 Å². The maximum atomic E-state index is 5.90. The van der Waals surface area contributed by atoms with Gasteiger partial charge in [-0.1, -0.05) is 29.8 Å². The van der Waals surface area contributed by atoms with Crippen molar-refractivity contribution < 1.29 is 8.98 Å². The minimum absolute atomic E-state index is 0.623. The van der Waals surface area contributed by atoms with E-state index in [2.05, 4.69) is 67.2 Å². The minimum Gasteiger partial charge on any atom is -0.437 e. The Morgan fingerprint density at radius 3 is 2.38 bits per heavy atom. The van der Waals surface area contributed by atoms with Gasteiger partial charge in [-0.05, 0) is 44.0 Å². The highest BCUT2D eigenvalue weighted by Crippen LogP contribution is 2.23. The predicted octanol–water partition coefficient (Wildman–Crippen LogP) is 4.50. The smallest absolute Gasteiger partial charge is 0.249 e. The van der Waals surface area contributed by atoms with Gasteiger partial charge in [0.2, 0.25) is 12.2 Å². The van der Waals surface area contributed by atoms with Crippen LogP contribution in [0.2, 0.25) is 0 Å². The molecule has 132 valence electrons. The largest absolute Gasteiger partial charge is 0.437 e. The molecule has 4 rings (SSSR count). The van der Waals surface area contributed by atoms with Crippen molar-refractivity contribution in [1.29, 1.82) is 0 Å². The van der Waals surface area contributed by atoms with Crippen LogP contribution in [0.4, 0.5) is 0 Å². The first-order valence-corrected chi connectivity index (χ1v) is 8.94. The second-order valence-corrected chi connectivity index (χ2v) is 7.11. The number of benzene rings is 2. The summed E-state index contributed by atoms with van der Waals surface area (Å²) in [4.78, 5) is 4.61. The van der Waals surface area contributed by atoms with Gasteiger partial charge in [0.05, 0.1) is 0 Å². The predicted molar refractivity (Wildman–Crippen MR) is 103 cm³/mol. The van der Waals surface area contributed by atoms with E-state index in [1.807, 2.05) is 24.3 Å². The topological polar surface area (TPSA) is 34.8 Å². The molecule has 0 N–H and O–H groups in total. The molecule has 0 aliphatic heterocycles. The Morgan fingerprint density at radius 1 is 1.00 bits per heavy atom. The Hall–Kier alpha value is -2.88. The van der Waals surface area contributed by atoms with Crippen LogP contribution in [0.3, 0.4) is 0 Å². The van der Waals surface area contributed by atoms with Crippen LogP contribution in [-0.4, -0.2) is 9.55 Å². The lowest BCUT2D eigenvalue weighted by Crippen LogP contribution is -2.35. The number of para-hydroxylation sites is 2. The van der Waals surface area contributed by atoms with E-state index in [0.717, 1.165) is 17.0 Å². The summed E-state index contributed by atoms with van der Waals surface area (Å²) in [5.41, 5.74) is 9.31. The highest BCUT2D eigenvalue weighted by Gasteiger charge is 2.22. The molecule has 0 atom stereocenters. The SMILES string of the molecule is Cc1cc(C)c(-n2c[n+](Cc3nc4ccccc4o3)c(C)c2C)c(C)c1. The van der Waals surface area contributed by atoms with Gasteiger partial charge in [-0.2, -0.15) is 4.57 Å². The van der Waals surface area contributed by atoms with Crippen molar-refractivity contribution in [1.82, 2.24) is 9.55 Å². The van der Waals surface area contributed by atoms with E-state index in [9.17, 15) is 0 Å². The van der Waals surface area contributed by atoms with Gasteiger partial charge in [0, 0.05) is 13.8 Å². The Morgan fingerprint density at radius 2 is 1.69 bits per heavy atom. The lowest BCUT2D eigenvalue weighted by molar-refractivity contribution is -0.695. The van der Waals surface area contributed by atoms with Crippen LogP contribution in [0.5, 0.6) is 0 Å². The zero-order valence-electron chi connectivity index (χ0n) is 16.0. The highest BCUT2D eigenvalue weighted by atomic mass is 16.3. The summed E-state index contributed by atoms with van der Waals surface area (Å²) in [5.74, 6) is 0.730. The third kappa shape index (κ3) is 2.71. The van der Waals surface area contributed by atoms with Gasteiger partial charge in [0.1, 0.15) is 22.6 Å². The number of hydrogen-bond donors (Lipinski definition) is 0. The number of aryl methyl sites for hydroxylation is 3. The first-order chi connectivity index (χ1) is 12.4. The van der Waals surface area contributed by atoms with E-state index in [0.29, 0.717) is 6.54 Å². The molecule has 0 saturated heterocycles. The molecule has 0 unspecified atom stereocenters. The van der Waals surface area contributed by atoms with E-state index >= 15 is 0 Å². The van der Waals surface area contributed by atoms with E-state index in [-0.39, 0.29) is 0 Å².